The molecule has 0 spiro atoms. The Balaban J connectivity index is 1.61. The van der Waals surface area contributed by atoms with Crippen molar-refractivity contribution < 1.29 is 9.59 Å². The molecule has 6 nitrogen and oxygen atoms in total. The smallest absolute Gasteiger partial charge is 0.254 e. The molecule has 1 N–H and O–H groups in total. The number of imidazole rings is 1. The molecule has 4 aromatic rings. The number of benzene rings is 3. The van der Waals surface area contributed by atoms with Crippen LogP contribution in [0.15, 0.2) is 97.7 Å². The van der Waals surface area contributed by atoms with E-state index in [-0.39, 0.29) is 24.9 Å². The van der Waals surface area contributed by atoms with Crippen molar-refractivity contribution in [2.24, 2.45) is 0 Å². The monoisotopic (exact) mass is 492 g/mol. The van der Waals surface area contributed by atoms with E-state index >= 15 is 0 Å². The fourth-order valence-electron chi connectivity index (χ4n) is 4.02. The summed E-state index contributed by atoms with van der Waals surface area (Å²) in [5, 5.41) is 2.93. The number of nitrogens with zero attached hydrogens (tertiary/aromatic N) is 3. The van der Waals surface area contributed by atoms with Crippen LogP contribution >= 0.6 is 0 Å². The first-order chi connectivity index (χ1) is 17.9. The Hall–Kier alpha value is -4.45. The van der Waals surface area contributed by atoms with Crippen LogP contribution in [0.1, 0.15) is 41.3 Å². The van der Waals surface area contributed by atoms with Crippen molar-refractivity contribution in [2.75, 3.05) is 18.4 Å². The largest absolute Gasteiger partial charge is 0.326 e. The molecule has 2 amide bonds. The Kier molecular flexibility index (Phi) is 7.98. The fourth-order valence-corrected chi connectivity index (χ4v) is 4.02. The van der Waals surface area contributed by atoms with E-state index in [9.17, 15) is 9.59 Å². The number of rotatable bonds is 9. The highest BCUT2D eigenvalue weighted by atomic mass is 16.2. The Morgan fingerprint density at radius 2 is 1.68 bits per heavy atom. The summed E-state index contributed by atoms with van der Waals surface area (Å²) >= 11 is 0. The molecular formula is C31H32N4O2. The van der Waals surface area contributed by atoms with Gasteiger partial charge in [-0.3, -0.25) is 19.5 Å². The average Bonchev–Trinajstić information content (AvgIpc) is 3.32. The number of anilines is 1. The van der Waals surface area contributed by atoms with Gasteiger partial charge in [0.1, 0.15) is 6.54 Å². The van der Waals surface area contributed by atoms with E-state index < -0.39 is 0 Å². The van der Waals surface area contributed by atoms with Gasteiger partial charge in [0, 0.05) is 29.6 Å². The molecular weight excluding hydrogens is 460 g/mol. The van der Waals surface area contributed by atoms with Crippen LogP contribution in [0.5, 0.6) is 0 Å². The van der Waals surface area contributed by atoms with Gasteiger partial charge in [-0.25, -0.2) is 4.98 Å². The first kappa shape index (κ1) is 25.6. The number of hydrogen-bond donors (Lipinski definition) is 1. The van der Waals surface area contributed by atoms with Crippen LogP contribution in [-0.2, 0) is 4.79 Å². The molecule has 0 fully saturated rings. The number of amides is 2. The normalized spacial score (nSPS) is 10.8. The van der Waals surface area contributed by atoms with Gasteiger partial charge >= 0.3 is 0 Å². The van der Waals surface area contributed by atoms with E-state index in [0.717, 1.165) is 22.5 Å². The van der Waals surface area contributed by atoms with E-state index in [4.69, 9.17) is 4.98 Å². The van der Waals surface area contributed by atoms with Gasteiger partial charge in [0.15, 0.2) is 0 Å². The van der Waals surface area contributed by atoms with Crippen molar-refractivity contribution in [3.63, 3.8) is 0 Å². The van der Waals surface area contributed by atoms with Crippen molar-refractivity contribution in [1.82, 2.24) is 14.5 Å². The molecule has 0 aliphatic carbocycles. The van der Waals surface area contributed by atoms with E-state index in [0.29, 0.717) is 17.4 Å². The third kappa shape index (κ3) is 6.22. The standard InChI is InChI=1S/C31H32N4O2/c1-5-19-34(30(37)26-13-11-23(4)12-14-26)21-29(36)33-31-32-28(25-9-7-6-8-10-25)20-35(31)27-17-15-24(16-18-27)22(2)3/h5-18,20,22H,1,19,21H2,2-4H3,(H,32,33,36). The van der Waals surface area contributed by atoms with Crippen molar-refractivity contribution in [3.05, 3.63) is 114 Å². The molecule has 0 bridgehead atoms. The van der Waals surface area contributed by atoms with Gasteiger partial charge in [-0.15, -0.1) is 6.58 Å². The van der Waals surface area contributed by atoms with Crippen LogP contribution in [0.4, 0.5) is 5.95 Å². The minimum atomic E-state index is -0.340. The Morgan fingerprint density at radius 1 is 1.00 bits per heavy atom. The summed E-state index contributed by atoms with van der Waals surface area (Å²) in [6.45, 7) is 10.1. The summed E-state index contributed by atoms with van der Waals surface area (Å²) in [6.07, 6.45) is 3.53. The zero-order chi connectivity index (χ0) is 26.4. The van der Waals surface area contributed by atoms with Crippen molar-refractivity contribution in [1.29, 1.82) is 0 Å². The topological polar surface area (TPSA) is 67.2 Å². The summed E-state index contributed by atoms with van der Waals surface area (Å²) in [6, 6.07) is 25.3. The molecule has 4 rings (SSSR count). The van der Waals surface area contributed by atoms with Gasteiger partial charge in [0.25, 0.3) is 5.91 Å². The van der Waals surface area contributed by atoms with Crippen LogP contribution in [0.25, 0.3) is 16.9 Å². The van der Waals surface area contributed by atoms with Crippen LogP contribution in [0.2, 0.25) is 0 Å². The van der Waals surface area contributed by atoms with Crippen LogP contribution in [-0.4, -0.2) is 39.4 Å². The number of nitrogens with one attached hydrogen (secondary N) is 1. The molecule has 1 aromatic heterocycles. The first-order valence-electron chi connectivity index (χ1n) is 12.4. The molecule has 1 heterocycles. The second-order valence-electron chi connectivity index (χ2n) is 9.32. The summed E-state index contributed by atoms with van der Waals surface area (Å²) in [4.78, 5) is 32.4. The molecule has 37 heavy (non-hydrogen) atoms. The molecule has 6 heteroatoms. The van der Waals surface area contributed by atoms with Gasteiger partial charge in [0.05, 0.1) is 5.69 Å². The highest BCUT2D eigenvalue weighted by molar-refractivity contribution is 5.99. The summed E-state index contributed by atoms with van der Waals surface area (Å²) in [5.41, 5.74) is 5.38. The molecule has 0 saturated carbocycles. The summed E-state index contributed by atoms with van der Waals surface area (Å²) in [7, 11) is 0. The Morgan fingerprint density at radius 3 is 2.30 bits per heavy atom. The van der Waals surface area contributed by atoms with E-state index in [2.05, 4.69) is 37.9 Å². The lowest BCUT2D eigenvalue weighted by molar-refractivity contribution is -0.116. The molecule has 0 unspecified atom stereocenters. The second kappa shape index (κ2) is 11.5. The Bertz CT molecular complexity index is 1370. The SMILES string of the molecule is C=CCN(CC(=O)Nc1nc(-c2ccccc2)cn1-c1ccc(C(C)C)cc1)C(=O)c1ccc(C)cc1. The van der Waals surface area contributed by atoms with Crippen LogP contribution in [0.3, 0.4) is 0 Å². The summed E-state index contributed by atoms with van der Waals surface area (Å²) in [5.74, 6) is 0.237. The van der Waals surface area contributed by atoms with Crippen molar-refractivity contribution >= 4 is 17.8 Å². The molecule has 0 aliphatic rings. The van der Waals surface area contributed by atoms with Crippen molar-refractivity contribution in [2.45, 2.75) is 26.7 Å². The molecule has 3 aromatic carbocycles. The number of aromatic nitrogens is 2. The number of carbonyl (C=O) groups is 2. The molecule has 0 radical (unpaired) electrons. The number of carbonyl (C=O) groups excluding carboxylic acids is 2. The number of hydrogen-bond acceptors (Lipinski definition) is 3. The maximum absolute atomic E-state index is 13.2. The van der Waals surface area contributed by atoms with Crippen molar-refractivity contribution in [3.8, 4) is 16.9 Å². The second-order valence-corrected chi connectivity index (χ2v) is 9.32. The zero-order valence-corrected chi connectivity index (χ0v) is 21.5. The van der Waals surface area contributed by atoms with Gasteiger partial charge in [-0.2, -0.15) is 0 Å². The third-order valence-electron chi connectivity index (χ3n) is 6.13. The predicted octanol–water partition coefficient (Wildman–Crippen LogP) is 6.24. The maximum atomic E-state index is 13.2. The molecule has 188 valence electrons. The van der Waals surface area contributed by atoms with Gasteiger partial charge in [-0.1, -0.05) is 80.1 Å². The average molecular weight is 493 g/mol. The molecule has 0 aliphatic heterocycles. The van der Waals surface area contributed by atoms with E-state index in [1.54, 1.807) is 18.2 Å². The highest BCUT2D eigenvalue weighted by Crippen LogP contribution is 2.25. The lowest BCUT2D eigenvalue weighted by atomic mass is 10.0. The zero-order valence-electron chi connectivity index (χ0n) is 21.5. The van der Waals surface area contributed by atoms with Gasteiger partial charge < -0.3 is 4.90 Å². The van der Waals surface area contributed by atoms with E-state index in [1.165, 1.54) is 10.5 Å². The highest BCUT2D eigenvalue weighted by Gasteiger charge is 2.20. The summed E-state index contributed by atoms with van der Waals surface area (Å²) < 4.78 is 1.87. The minimum Gasteiger partial charge on any atom is -0.326 e. The minimum absolute atomic E-state index is 0.126. The van der Waals surface area contributed by atoms with Gasteiger partial charge in [-0.05, 0) is 42.7 Å². The van der Waals surface area contributed by atoms with E-state index in [1.807, 2.05) is 72.3 Å². The van der Waals surface area contributed by atoms with Crippen LogP contribution < -0.4 is 5.32 Å². The molecule has 0 atom stereocenters. The van der Waals surface area contributed by atoms with Crippen LogP contribution in [0, 0.1) is 6.92 Å². The predicted molar refractivity (Wildman–Crippen MR) is 149 cm³/mol. The third-order valence-corrected chi connectivity index (χ3v) is 6.13. The quantitative estimate of drug-likeness (QED) is 0.281. The fraction of sp³-hybridized carbons (Fsp3) is 0.194. The maximum Gasteiger partial charge on any atom is 0.254 e. The molecule has 0 saturated heterocycles. The first-order valence-corrected chi connectivity index (χ1v) is 12.4. The van der Waals surface area contributed by atoms with Gasteiger partial charge in [0.2, 0.25) is 11.9 Å². The lowest BCUT2D eigenvalue weighted by Crippen LogP contribution is -2.38. The lowest BCUT2D eigenvalue weighted by Gasteiger charge is -2.21. The number of aryl methyl sites for hydroxylation is 1. The Labute approximate surface area is 218 Å².